The number of para-hydroxylation sites is 2. The molecule has 0 saturated heterocycles. The predicted octanol–water partition coefficient (Wildman–Crippen LogP) is 3.00. The van der Waals surface area contributed by atoms with Crippen molar-refractivity contribution in [3.63, 3.8) is 0 Å². The van der Waals surface area contributed by atoms with Crippen LogP contribution < -0.4 is 31.6 Å². The van der Waals surface area contributed by atoms with Gasteiger partial charge < -0.3 is 0 Å². The first-order chi connectivity index (χ1) is 14.3. The third-order valence-electron chi connectivity index (χ3n) is 4.78. The normalized spacial score (nSPS) is 14.8. The molecule has 138 valence electrons. The Labute approximate surface area is 182 Å². The summed E-state index contributed by atoms with van der Waals surface area (Å²) in [6, 6.07) is 28.7. The van der Waals surface area contributed by atoms with Crippen LogP contribution in [0.15, 0.2) is 84.9 Å². The van der Waals surface area contributed by atoms with Crippen molar-refractivity contribution in [1.29, 1.82) is 0 Å². The third kappa shape index (κ3) is 3.06. The van der Waals surface area contributed by atoms with Crippen LogP contribution in [0.2, 0.25) is 0 Å². The zero-order valence-corrected chi connectivity index (χ0v) is 19.0. The van der Waals surface area contributed by atoms with Gasteiger partial charge in [-0.2, -0.15) is 0 Å². The van der Waals surface area contributed by atoms with Crippen molar-refractivity contribution in [3.8, 4) is 34.5 Å². The molecule has 6 rings (SSSR count). The summed E-state index contributed by atoms with van der Waals surface area (Å²) in [5.74, 6) is 5.49. The predicted molar refractivity (Wildman–Crippen MR) is 116 cm³/mol. The molecule has 0 saturated carbocycles. The number of hydrogen-bond donors (Lipinski definition) is 0. The molecule has 2 radical (unpaired) electrons. The Kier molecular flexibility index (Phi) is 4.18. The van der Waals surface area contributed by atoms with E-state index in [4.69, 9.17) is 14.2 Å². The van der Waals surface area contributed by atoms with Gasteiger partial charge in [-0.25, -0.2) is 0 Å². The monoisotopic (exact) mass is 500 g/mol. The van der Waals surface area contributed by atoms with Crippen LogP contribution in [0.5, 0.6) is 34.5 Å². The molecular weight excluding hydrogens is 486 g/mol. The molecule has 0 atom stereocenters. The van der Waals surface area contributed by atoms with Crippen molar-refractivity contribution >= 4 is 48.9 Å². The fourth-order valence-electron chi connectivity index (χ4n) is 3.42. The number of ether oxygens (including phenoxy) is 3. The molecule has 0 bridgehead atoms. The van der Waals surface area contributed by atoms with Crippen LogP contribution in [0.3, 0.4) is 0 Å². The minimum atomic E-state index is -0.201. The van der Waals surface area contributed by atoms with E-state index in [1.165, 1.54) is 17.4 Å². The Bertz CT molecular complexity index is 1160. The molecular formula is C24H14As2O3. The summed E-state index contributed by atoms with van der Waals surface area (Å²) in [7, 11) is 0. The second-order valence-electron chi connectivity index (χ2n) is 6.67. The van der Waals surface area contributed by atoms with Gasteiger partial charge in [-0.1, -0.05) is 0 Å². The standard InChI is InChI=1S/C24H14As2O3/c1-3-9-17-15(7-1)25-23-19(27-17)11-5-13-21(23)29-22-14-6-12-20-24(22)26-16-8-2-4-10-18(16)28-20/h1-14H. The van der Waals surface area contributed by atoms with Gasteiger partial charge in [0.2, 0.25) is 0 Å². The molecule has 0 aromatic heterocycles. The summed E-state index contributed by atoms with van der Waals surface area (Å²) in [4.78, 5) is 0. The number of rotatable bonds is 2. The van der Waals surface area contributed by atoms with Gasteiger partial charge in [0.25, 0.3) is 0 Å². The summed E-state index contributed by atoms with van der Waals surface area (Å²) in [5, 5.41) is 0. The van der Waals surface area contributed by atoms with Crippen LogP contribution in [0.4, 0.5) is 0 Å². The van der Waals surface area contributed by atoms with E-state index in [0.29, 0.717) is 0 Å². The molecule has 0 unspecified atom stereocenters. The first kappa shape index (κ1) is 17.3. The second kappa shape index (κ2) is 7.02. The average Bonchev–Trinajstić information content (AvgIpc) is 2.77. The molecule has 0 fully saturated rings. The minimum absolute atomic E-state index is 0.201. The van der Waals surface area contributed by atoms with E-state index in [9.17, 15) is 0 Å². The van der Waals surface area contributed by atoms with Gasteiger partial charge in [0, 0.05) is 0 Å². The van der Waals surface area contributed by atoms with Crippen LogP contribution in [0.1, 0.15) is 0 Å². The van der Waals surface area contributed by atoms with Gasteiger partial charge in [-0.05, 0) is 0 Å². The molecule has 4 aromatic carbocycles. The van der Waals surface area contributed by atoms with Crippen LogP contribution in [-0.2, 0) is 0 Å². The van der Waals surface area contributed by atoms with E-state index in [1.54, 1.807) is 0 Å². The second-order valence-corrected chi connectivity index (χ2v) is 11.5. The first-order valence-corrected chi connectivity index (χ1v) is 13.0. The SMILES string of the molecule is c1ccc2c(c1)Oc1cccc(Oc3cccc4c3[As]c3ccccc3O4)c1[As]2. The average molecular weight is 500 g/mol. The Balaban J connectivity index is 1.38. The quantitative estimate of drug-likeness (QED) is 0.343. The van der Waals surface area contributed by atoms with Crippen molar-refractivity contribution in [3.05, 3.63) is 84.9 Å². The summed E-state index contributed by atoms with van der Waals surface area (Å²) >= 11 is -0.401. The molecule has 0 aliphatic carbocycles. The van der Waals surface area contributed by atoms with Gasteiger partial charge in [0.1, 0.15) is 0 Å². The van der Waals surface area contributed by atoms with Crippen LogP contribution >= 0.6 is 0 Å². The van der Waals surface area contributed by atoms with E-state index < -0.39 is 0 Å². The Morgan fingerprint density at radius 3 is 1.45 bits per heavy atom. The van der Waals surface area contributed by atoms with E-state index in [1.807, 2.05) is 60.7 Å². The van der Waals surface area contributed by atoms with Gasteiger partial charge in [0.05, 0.1) is 0 Å². The van der Waals surface area contributed by atoms with Crippen molar-refractivity contribution in [2.75, 3.05) is 0 Å². The number of benzene rings is 4. The van der Waals surface area contributed by atoms with E-state index in [2.05, 4.69) is 24.3 Å². The summed E-state index contributed by atoms with van der Waals surface area (Å²) in [6.07, 6.45) is 0. The van der Waals surface area contributed by atoms with Crippen LogP contribution in [0, 0.1) is 0 Å². The third-order valence-corrected chi connectivity index (χ3v) is 10.1. The van der Waals surface area contributed by atoms with Crippen molar-refractivity contribution in [1.82, 2.24) is 0 Å². The zero-order chi connectivity index (χ0) is 19.2. The van der Waals surface area contributed by atoms with Crippen LogP contribution in [0.25, 0.3) is 0 Å². The molecule has 2 heterocycles. The maximum atomic E-state index is 6.49. The van der Waals surface area contributed by atoms with E-state index in [0.717, 1.165) is 34.5 Å². The molecule has 29 heavy (non-hydrogen) atoms. The van der Waals surface area contributed by atoms with Crippen molar-refractivity contribution in [2.24, 2.45) is 0 Å². The fraction of sp³-hybridized carbons (Fsp3) is 0. The summed E-state index contributed by atoms with van der Waals surface area (Å²) in [5.41, 5.74) is 0. The molecule has 0 spiro atoms. The fourth-order valence-corrected chi connectivity index (χ4v) is 8.01. The van der Waals surface area contributed by atoms with Gasteiger partial charge in [-0.3, -0.25) is 0 Å². The zero-order valence-electron chi connectivity index (χ0n) is 15.2. The van der Waals surface area contributed by atoms with Crippen LogP contribution in [-0.4, -0.2) is 31.5 Å². The number of fused-ring (bicyclic) bond motifs is 4. The molecule has 3 nitrogen and oxygen atoms in total. The molecule has 0 amide bonds. The van der Waals surface area contributed by atoms with Gasteiger partial charge in [0.15, 0.2) is 0 Å². The topological polar surface area (TPSA) is 27.7 Å². The molecule has 2 aliphatic rings. The Morgan fingerprint density at radius 1 is 0.483 bits per heavy atom. The van der Waals surface area contributed by atoms with Gasteiger partial charge >= 0.3 is 183 Å². The first-order valence-electron chi connectivity index (χ1n) is 9.26. The molecule has 2 aliphatic heterocycles. The molecule has 5 heteroatoms. The summed E-state index contributed by atoms with van der Waals surface area (Å²) < 4.78 is 23.7. The Hall–Kier alpha value is -2.60. The van der Waals surface area contributed by atoms with Crippen molar-refractivity contribution in [2.45, 2.75) is 0 Å². The summed E-state index contributed by atoms with van der Waals surface area (Å²) in [6.45, 7) is 0. The maximum absolute atomic E-state index is 6.49. The molecule has 0 N–H and O–H groups in total. The Morgan fingerprint density at radius 2 is 0.931 bits per heavy atom. The van der Waals surface area contributed by atoms with E-state index >= 15 is 0 Å². The number of hydrogen-bond acceptors (Lipinski definition) is 3. The van der Waals surface area contributed by atoms with E-state index in [-0.39, 0.29) is 31.5 Å². The van der Waals surface area contributed by atoms with Gasteiger partial charge in [-0.15, -0.1) is 0 Å². The molecule has 4 aromatic rings. The van der Waals surface area contributed by atoms with Crippen molar-refractivity contribution < 1.29 is 14.2 Å².